The van der Waals surface area contributed by atoms with Crippen molar-refractivity contribution in [2.24, 2.45) is 0 Å². The third-order valence-electron chi connectivity index (χ3n) is 4.06. The van der Waals surface area contributed by atoms with Crippen LogP contribution in [0.2, 0.25) is 0 Å². The molecule has 2 N–H and O–H groups in total. The van der Waals surface area contributed by atoms with Crippen molar-refractivity contribution in [2.75, 3.05) is 30.3 Å². The number of anilines is 2. The lowest BCUT2D eigenvalue weighted by molar-refractivity contribution is -0.129. The Labute approximate surface area is 107 Å². The molecule has 4 heteroatoms. The van der Waals surface area contributed by atoms with Crippen LogP contribution in [0.4, 0.5) is 11.4 Å². The zero-order valence-electron chi connectivity index (χ0n) is 10.7. The van der Waals surface area contributed by atoms with Crippen LogP contribution in [0, 0.1) is 6.92 Å². The van der Waals surface area contributed by atoms with Crippen molar-refractivity contribution in [1.29, 1.82) is 0 Å². The van der Waals surface area contributed by atoms with Gasteiger partial charge < -0.3 is 15.5 Å². The molecule has 1 amide bonds. The standard InChI is InChI=1S/C14H19N3O/c1-10-8-11(15)2-4-13(10)16-6-7-17-12(9-16)3-5-14(17)18/h2,4,8,12H,3,5-7,9,15H2,1H3. The summed E-state index contributed by atoms with van der Waals surface area (Å²) < 4.78 is 0. The Hall–Kier alpha value is -1.71. The molecule has 2 heterocycles. The molecule has 96 valence electrons. The van der Waals surface area contributed by atoms with Crippen molar-refractivity contribution in [1.82, 2.24) is 4.90 Å². The Bertz CT molecular complexity index is 486. The number of hydrogen-bond donors (Lipinski definition) is 1. The lowest BCUT2D eigenvalue weighted by Gasteiger charge is -2.39. The summed E-state index contributed by atoms with van der Waals surface area (Å²) in [5.74, 6) is 0.327. The molecule has 4 nitrogen and oxygen atoms in total. The van der Waals surface area contributed by atoms with Crippen LogP contribution in [0.1, 0.15) is 18.4 Å². The number of amides is 1. The van der Waals surface area contributed by atoms with Crippen LogP contribution >= 0.6 is 0 Å². The molecule has 0 radical (unpaired) electrons. The molecule has 1 aromatic rings. The highest BCUT2D eigenvalue weighted by Gasteiger charge is 2.35. The van der Waals surface area contributed by atoms with Gasteiger partial charge in [-0.05, 0) is 37.1 Å². The molecule has 2 aliphatic rings. The van der Waals surface area contributed by atoms with Gasteiger partial charge in [-0.25, -0.2) is 0 Å². The Morgan fingerprint density at radius 1 is 1.33 bits per heavy atom. The van der Waals surface area contributed by atoms with Gasteiger partial charge in [0.05, 0.1) is 0 Å². The van der Waals surface area contributed by atoms with Gasteiger partial charge in [0.15, 0.2) is 0 Å². The summed E-state index contributed by atoms with van der Waals surface area (Å²) in [5, 5.41) is 0. The van der Waals surface area contributed by atoms with Crippen LogP contribution in [0.15, 0.2) is 18.2 Å². The maximum atomic E-state index is 11.7. The largest absolute Gasteiger partial charge is 0.399 e. The molecular formula is C14H19N3O. The molecule has 0 spiro atoms. The normalized spacial score (nSPS) is 23.4. The Morgan fingerprint density at radius 3 is 2.94 bits per heavy atom. The quantitative estimate of drug-likeness (QED) is 0.761. The molecule has 0 aliphatic carbocycles. The second kappa shape index (κ2) is 4.19. The number of rotatable bonds is 1. The molecule has 2 saturated heterocycles. The first-order valence-electron chi connectivity index (χ1n) is 6.55. The second-order valence-corrected chi connectivity index (χ2v) is 5.27. The van der Waals surface area contributed by atoms with E-state index in [-0.39, 0.29) is 0 Å². The van der Waals surface area contributed by atoms with E-state index in [2.05, 4.69) is 17.9 Å². The lowest BCUT2D eigenvalue weighted by Crippen LogP contribution is -2.51. The third kappa shape index (κ3) is 1.82. The second-order valence-electron chi connectivity index (χ2n) is 5.27. The van der Waals surface area contributed by atoms with Gasteiger partial charge >= 0.3 is 0 Å². The van der Waals surface area contributed by atoms with E-state index in [9.17, 15) is 4.79 Å². The van der Waals surface area contributed by atoms with Gasteiger partial charge in [0.1, 0.15) is 0 Å². The van der Waals surface area contributed by atoms with E-state index in [0.29, 0.717) is 11.9 Å². The van der Waals surface area contributed by atoms with Gasteiger partial charge in [-0.1, -0.05) is 0 Å². The first-order valence-corrected chi connectivity index (χ1v) is 6.55. The minimum absolute atomic E-state index is 0.327. The molecule has 2 aliphatic heterocycles. The van der Waals surface area contributed by atoms with Crippen molar-refractivity contribution in [3.05, 3.63) is 23.8 Å². The van der Waals surface area contributed by atoms with Gasteiger partial charge in [-0.2, -0.15) is 0 Å². The van der Waals surface area contributed by atoms with E-state index in [1.165, 1.54) is 11.3 Å². The minimum atomic E-state index is 0.327. The van der Waals surface area contributed by atoms with Crippen LogP contribution < -0.4 is 10.6 Å². The third-order valence-corrected chi connectivity index (χ3v) is 4.06. The minimum Gasteiger partial charge on any atom is -0.399 e. The maximum Gasteiger partial charge on any atom is 0.223 e. The molecule has 0 bridgehead atoms. The molecule has 0 aromatic heterocycles. The molecule has 1 atom stereocenters. The number of nitrogens with two attached hydrogens (primary N) is 1. The zero-order valence-corrected chi connectivity index (χ0v) is 10.7. The van der Waals surface area contributed by atoms with Gasteiger partial charge in [0.2, 0.25) is 5.91 Å². The van der Waals surface area contributed by atoms with Crippen LogP contribution in [-0.4, -0.2) is 36.5 Å². The fourth-order valence-electron chi connectivity index (χ4n) is 3.12. The Balaban J connectivity index is 1.80. The van der Waals surface area contributed by atoms with Crippen molar-refractivity contribution >= 4 is 17.3 Å². The summed E-state index contributed by atoms with van der Waals surface area (Å²) in [5.41, 5.74) is 9.07. The van der Waals surface area contributed by atoms with E-state index in [4.69, 9.17) is 5.73 Å². The molecular weight excluding hydrogens is 226 g/mol. The van der Waals surface area contributed by atoms with Crippen molar-refractivity contribution in [3.63, 3.8) is 0 Å². The lowest BCUT2D eigenvalue weighted by atomic mass is 10.1. The topological polar surface area (TPSA) is 49.6 Å². The SMILES string of the molecule is Cc1cc(N)ccc1N1CCN2C(=O)CCC2C1. The van der Waals surface area contributed by atoms with Gasteiger partial charge in [-0.15, -0.1) is 0 Å². The smallest absolute Gasteiger partial charge is 0.223 e. The number of carbonyl (C=O) groups excluding carboxylic acids is 1. The monoisotopic (exact) mass is 245 g/mol. The summed E-state index contributed by atoms with van der Waals surface area (Å²) >= 11 is 0. The van der Waals surface area contributed by atoms with Crippen LogP contribution in [-0.2, 0) is 4.79 Å². The Morgan fingerprint density at radius 2 is 2.17 bits per heavy atom. The van der Waals surface area contributed by atoms with Gasteiger partial charge in [0.25, 0.3) is 0 Å². The highest BCUT2D eigenvalue weighted by Crippen LogP contribution is 2.28. The number of carbonyl (C=O) groups is 1. The zero-order chi connectivity index (χ0) is 12.7. The fourth-order valence-corrected chi connectivity index (χ4v) is 3.12. The summed E-state index contributed by atoms with van der Waals surface area (Å²) in [6, 6.07) is 6.47. The molecule has 1 unspecified atom stereocenters. The van der Waals surface area contributed by atoms with Crippen LogP contribution in [0.3, 0.4) is 0 Å². The number of aryl methyl sites for hydroxylation is 1. The highest BCUT2D eigenvalue weighted by atomic mass is 16.2. The van der Waals surface area contributed by atoms with E-state index in [1.54, 1.807) is 0 Å². The summed E-state index contributed by atoms with van der Waals surface area (Å²) in [6.45, 7) is 4.83. The predicted octanol–water partition coefficient (Wildman–Crippen LogP) is 1.39. The van der Waals surface area contributed by atoms with E-state index in [1.807, 2.05) is 17.0 Å². The summed E-state index contributed by atoms with van der Waals surface area (Å²) in [7, 11) is 0. The number of hydrogen-bond acceptors (Lipinski definition) is 3. The van der Waals surface area contributed by atoms with Crippen molar-refractivity contribution < 1.29 is 4.79 Å². The number of nitrogens with zero attached hydrogens (tertiary/aromatic N) is 2. The first kappa shape index (κ1) is 11.4. The fraction of sp³-hybridized carbons (Fsp3) is 0.500. The van der Waals surface area contributed by atoms with Gasteiger partial charge in [0, 0.05) is 43.5 Å². The molecule has 3 rings (SSSR count). The van der Waals surface area contributed by atoms with Crippen LogP contribution in [0.25, 0.3) is 0 Å². The average molecular weight is 245 g/mol. The van der Waals surface area contributed by atoms with Crippen LogP contribution in [0.5, 0.6) is 0 Å². The van der Waals surface area contributed by atoms with Crippen molar-refractivity contribution in [2.45, 2.75) is 25.8 Å². The molecule has 2 fully saturated rings. The average Bonchev–Trinajstić information content (AvgIpc) is 2.71. The molecule has 18 heavy (non-hydrogen) atoms. The summed E-state index contributed by atoms with van der Waals surface area (Å²) in [6.07, 6.45) is 1.72. The number of benzene rings is 1. The van der Waals surface area contributed by atoms with E-state index >= 15 is 0 Å². The first-order chi connectivity index (χ1) is 8.65. The summed E-state index contributed by atoms with van der Waals surface area (Å²) in [4.78, 5) is 16.1. The van der Waals surface area contributed by atoms with E-state index in [0.717, 1.165) is 38.2 Å². The molecule has 0 saturated carbocycles. The van der Waals surface area contributed by atoms with E-state index < -0.39 is 0 Å². The Kier molecular flexibility index (Phi) is 2.65. The van der Waals surface area contributed by atoms with Crippen molar-refractivity contribution in [3.8, 4) is 0 Å². The maximum absolute atomic E-state index is 11.7. The predicted molar refractivity (Wildman–Crippen MR) is 72.5 cm³/mol. The number of nitrogen functional groups attached to an aromatic ring is 1. The van der Waals surface area contributed by atoms with Gasteiger partial charge in [-0.3, -0.25) is 4.79 Å². The number of fused-ring (bicyclic) bond motifs is 1. The highest BCUT2D eigenvalue weighted by molar-refractivity contribution is 5.79. The number of piperazine rings is 1. The molecule has 1 aromatic carbocycles.